The maximum absolute atomic E-state index is 11.9. The molecule has 0 spiro atoms. The first-order valence-electron chi connectivity index (χ1n) is 6.93. The summed E-state index contributed by atoms with van der Waals surface area (Å²) in [6, 6.07) is 14.5. The lowest BCUT2D eigenvalue weighted by atomic mass is 9.85. The number of carbonyl (C=O) groups excluding carboxylic acids is 1. The minimum absolute atomic E-state index is 0.0353. The Morgan fingerprint density at radius 1 is 1.16 bits per heavy atom. The molecule has 2 aromatic carbocycles. The second kappa shape index (κ2) is 5.04. The molecule has 1 saturated carbocycles. The molecule has 0 aliphatic heterocycles. The highest BCUT2D eigenvalue weighted by Gasteiger charge is 2.28. The fourth-order valence-corrected chi connectivity index (χ4v) is 2.44. The summed E-state index contributed by atoms with van der Waals surface area (Å²) in [6.07, 6.45) is 2.97. The van der Waals surface area contributed by atoms with Gasteiger partial charge in [0, 0.05) is 0 Å². The van der Waals surface area contributed by atoms with Crippen molar-refractivity contribution in [2.45, 2.75) is 32.3 Å². The second-order valence-corrected chi connectivity index (χ2v) is 5.31. The van der Waals surface area contributed by atoms with Gasteiger partial charge in [0.15, 0.2) is 0 Å². The molecule has 98 valence electrons. The average Bonchev–Trinajstić information content (AvgIpc) is 2.36. The van der Waals surface area contributed by atoms with Crippen LogP contribution in [0.4, 0.5) is 0 Å². The average molecular weight is 254 g/mol. The number of carbonyl (C=O) groups is 1. The van der Waals surface area contributed by atoms with E-state index in [1.165, 1.54) is 10.8 Å². The summed E-state index contributed by atoms with van der Waals surface area (Å²) in [5, 5.41) is 2.40. The number of hydrogen-bond acceptors (Lipinski definition) is 2. The van der Waals surface area contributed by atoms with E-state index < -0.39 is 0 Å². The van der Waals surface area contributed by atoms with Gasteiger partial charge in [0.2, 0.25) is 0 Å². The van der Waals surface area contributed by atoms with E-state index in [4.69, 9.17) is 4.74 Å². The van der Waals surface area contributed by atoms with Crippen LogP contribution in [0.25, 0.3) is 10.8 Å². The maximum atomic E-state index is 11.9. The Labute approximate surface area is 113 Å². The van der Waals surface area contributed by atoms with Crippen molar-refractivity contribution in [1.82, 2.24) is 0 Å². The number of esters is 1. The molecule has 0 N–H and O–H groups in total. The van der Waals surface area contributed by atoms with Gasteiger partial charge in [-0.2, -0.15) is 0 Å². The zero-order valence-corrected chi connectivity index (χ0v) is 11.1. The molecule has 2 heteroatoms. The van der Waals surface area contributed by atoms with E-state index >= 15 is 0 Å². The molecule has 3 rings (SSSR count). The molecule has 2 aromatic rings. The third-order valence-corrected chi connectivity index (χ3v) is 3.97. The van der Waals surface area contributed by atoms with Crippen molar-refractivity contribution >= 4 is 16.7 Å². The summed E-state index contributed by atoms with van der Waals surface area (Å²) in [7, 11) is 0. The van der Waals surface area contributed by atoms with E-state index in [1.54, 1.807) is 0 Å². The van der Waals surface area contributed by atoms with Crippen LogP contribution in [0.3, 0.4) is 0 Å². The standard InChI is InChI=1S/C17H18O2/c1-12(19-17(18)14-7-4-8-14)15-10-9-13-5-2-3-6-16(13)11-15/h2-3,5-6,9-12,14H,4,7-8H2,1H3. The van der Waals surface area contributed by atoms with Gasteiger partial charge < -0.3 is 4.74 Å². The Bertz CT molecular complexity index is 599. The molecular weight excluding hydrogens is 236 g/mol. The van der Waals surface area contributed by atoms with Gasteiger partial charge in [-0.25, -0.2) is 0 Å². The molecule has 0 amide bonds. The third-order valence-electron chi connectivity index (χ3n) is 3.97. The van der Waals surface area contributed by atoms with E-state index in [9.17, 15) is 4.79 Å². The van der Waals surface area contributed by atoms with Crippen LogP contribution in [0.5, 0.6) is 0 Å². The van der Waals surface area contributed by atoms with Gasteiger partial charge in [0.25, 0.3) is 0 Å². The summed E-state index contributed by atoms with van der Waals surface area (Å²) in [5.74, 6) is 0.106. The van der Waals surface area contributed by atoms with Gasteiger partial charge in [-0.15, -0.1) is 0 Å². The number of fused-ring (bicyclic) bond motifs is 1. The monoisotopic (exact) mass is 254 g/mol. The van der Waals surface area contributed by atoms with Gasteiger partial charge in [-0.05, 0) is 42.2 Å². The number of benzene rings is 2. The van der Waals surface area contributed by atoms with Crippen molar-refractivity contribution in [2.24, 2.45) is 5.92 Å². The second-order valence-electron chi connectivity index (χ2n) is 5.31. The fraction of sp³-hybridized carbons (Fsp3) is 0.353. The molecule has 0 aromatic heterocycles. The van der Waals surface area contributed by atoms with E-state index in [2.05, 4.69) is 24.3 Å². The Morgan fingerprint density at radius 3 is 2.58 bits per heavy atom. The lowest BCUT2D eigenvalue weighted by molar-refractivity contribution is -0.156. The topological polar surface area (TPSA) is 26.3 Å². The van der Waals surface area contributed by atoms with Crippen LogP contribution in [0, 0.1) is 5.92 Å². The SMILES string of the molecule is CC(OC(=O)C1CCC1)c1ccc2ccccc2c1. The van der Waals surface area contributed by atoms with Crippen molar-refractivity contribution in [3.05, 3.63) is 48.0 Å². The van der Waals surface area contributed by atoms with Crippen molar-refractivity contribution in [2.75, 3.05) is 0 Å². The Hall–Kier alpha value is -1.83. The minimum atomic E-state index is -0.169. The van der Waals surface area contributed by atoms with E-state index in [1.807, 2.05) is 25.1 Å². The number of rotatable bonds is 3. The Kier molecular flexibility index (Phi) is 3.24. The van der Waals surface area contributed by atoms with Crippen LogP contribution in [0.1, 0.15) is 37.9 Å². The molecule has 0 saturated heterocycles. The first kappa shape index (κ1) is 12.2. The van der Waals surface area contributed by atoms with Crippen LogP contribution in [-0.4, -0.2) is 5.97 Å². The molecular formula is C17H18O2. The smallest absolute Gasteiger partial charge is 0.309 e. The molecule has 1 aliphatic rings. The van der Waals surface area contributed by atoms with E-state index in [0.717, 1.165) is 24.8 Å². The highest BCUT2D eigenvalue weighted by atomic mass is 16.5. The predicted molar refractivity (Wildman–Crippen MR) is 75.8 cm³/mol. The zero-order valence-electron chi connectivity index (χ0n) is 11.1. The van der Waals surface area contributed by atoms with Crippen LogP contribution < -0.4 is 0 Å². The summed E-state index contributed by atoms with van der Waals surface area (Å²) in [6.45, 7) is 1.95. The predicted octanol–water partition coefficient (Wildman–Crippen LogP) is 4.24. The maximum Gasteiger partial charge on any atom is 0.309 e. The van der Waals surface area contributed by atoms with Gasteiger partial charge in [-0.1, -0.05) is 42.8 Å². The minimum Gasteiger partial charge on any atom is -0.458 e. The summed E-state index contributed by atoms with van der Waals surface area (Å²) in [5.41, 5.74) is 1.06. The van der Waals surface area contributed by atoms with Crippen molar-refractivity contribution in [3.63, 3.8) is 0 Å². The third kappa shape index (κ3) is 2.48. The lowest BCUT2D eigenvalue weighted by Crippen LogP contribution is -2.25. The molecule has 0 heterocycles. The van der Waals surface area contributed by atoms with Crippen molar-refractivity contribution in [3.8, 4) is 0 Å². The molecule has 1 unspecified atom stereocenters. The van der Waals surface area contributed by atoms with Crippen molar-refractivity contribution < 1.29 is 9.53 Å². The van der Waals surface area contributed by atoms with E-state index in [-0.39, 0.29) is 18.0 Å². The summed E-state index contributed by atoms with van der Waals surface area (Å²) < 4.78 is 5.55. The lowest BCUT2D eigenvalue weighted by Gasteiger charge is -2.25. The Morgan fingerprint density at radius 2 is 1.89 bits per heavy atom. The highest BCUT2D eigenvalue weighted by molar-refractivity contribution is 5.83. The largest absolute Gasteiger partial charge is 0.458 e. The molecule has 0 bridgehead atoms. The van der Waals surface area contributed by atoms with Crippen LogP contribution in [0.15, 0.2) is 42.5 Å². The molecule has 2 nitrogen and oxygen atoms in total. The highest BCUT2D eigenvalue weighted by Crippen LogP contribution is 2.30. The van der Waals surface area contributed by atoms with Gasteiger partial charge in [0.05, 0.1) is 5.92 Å². The molecule has 19 heavy (non-hydrogen) atoms. The zero-order chi connectivity index (χ0) is 13.2. The van der Waals surface area contributed by atoms with Gasteiger partial charge in [-0.3, -0.25) is 4.79 Å². The van der Waals surface area contributed by atoms with Crippen molar-refractivity contribution in [1.29, 1.82) is 0 Å². The summed E-state index contributed by atoms with van der Waals surface area (Å²) >= 11 is 0. The fourth-order valence-electron chi connectivity index (χ4n) is 2.44. The van der Waals surface area contributed by atoms with Gasteiger partial charge in [0.1, 0.15) is 6.10 Å². The molecule has 1 fully saturated rings. The first-order valence-corrected chi connectivity index (χ1v) is 6.93. The summed E-state index contributed by atoms with van der Waals surface area (Å²) in [4.78, 5) is 11.9. The normalized spacial score (nSPS) is 16.9. The van der Waals surface area contributed by atoms with Crippen LogP contribution in [-0.2, 0) is 9.53 Å². The molecule has 0 radical (unpaired) electrons. The number of hydrogen-bond donors (Lipinski definition) is 0. The van der Waals surface area contributed by atoms with E-state index in [0.29, 0.717) is 0 Å². The first-order chi connectivity index (χ1) is 9.24. The van der Waals surface area contributed by atoms with Crippen LogP contribution in [0.2, 0.25) is 0 Å². The quantitative estimate of drug-likeness (QED) is 0.766. The van der Waals surface area contributed by atoms with Gasteiger partial charge >= 0.3 is 5.97 Å². The Balaban J connectivity index is 1.77. The number of ether oxygens (including phenoxy) is 1. The van der Waals surface area contributed by atoms with Crippen LogP contribution >= 0.6 is 0 Å². The molecule has 1 atom stereocenters. The molecule has 1 aliphatic carbocycles.